The second-order valence-electron chi connectivity index (χ2n) is 11.0. The molecule has 2 aliphatic heterocycles. The van der Waals surface area contributed by atoms with Crippen LogP contribution >= 0.6 is 15.9 Å². The number of hydrogen-bond acceptors (Lipinski definition) is 4. The Morgan fingerprint density at radius 3 is 2.18 bits per heavy atom. The zero-order chi connectivity index (χ0) is 26.9. The Labute approximate surface area is 234 Å². The van der Waals surface area contributed by atoms with Crippen LogP contribution in [0, 0.1) is 19.1 Å². The fraction of sp³-hybridized carbons (Fsp3) is 0.419. The highest BCUT2D eigenvalue weighted by Crippen LogP contribution is 2.36. The molecule has 38 heavy (non-hydrogen) atoms. The topological polar surface area (TPSA) is 53.7 Å². The highest BCUT2D eigenvalue weighted by molar-refractivity contribution is 9.10. The van der Waals surface area contributed by atoms with Gasteiger partial charge in [-0.05, 0) is 81.5 Å². The van der Waals surface area contributed by atoms with Crippen LogP contribution in [-0.4, -0.2) is 53.5 Å². The lowest BCUT2D eigenvalue weighted by Crippen LogP contribution is -2.58. The number of halogens is 1. The quantitative estimate of drug-likeness (QED) is 0.276. The molecule has 3 heterocycles. The van der Waals surface area contributed by atoms with Crippen molar-refractivity contribution in [3.63, 3.8) is 0 Å². The van der Waals surface area contributed by atoms with Gasteiger partial charge in [0.05, 0.1) is 0 Å². The van der Waals surface area contributed by atoms with E-state index in [1.807, 2.05) is 11.8 Å². The number of anilines is 2. The molecule has 0 atom stereocenters. The zero-order valence-corrected chi connectivity index (χ0v) is 24.2. The summed E-state index contributed by atoms with van der Waals surface area (Å²) in [6.07, 6.45) is 5.56. The van der Waals surface area contributed by atoms with Gasteiger partial charge in [-0.1, -0.05) is 34.1 Å². The minimum absolute atomic E-state index is 0.0149. The van der Waals surface area contributed by atoms with E-state index in [0.717, 1.165) is 66.6 Å². The van der Waals surface area contributed by atoms with E-state index in [4.69, 9.17) is 0 Å². The molecule has 1 aromatic heterocycles. The van der Waals surface area contributed by atoms with Crippen LogP contribution in [0.1, 0.15) is 54.2 Å². The molecule has 1 amide bonds. The van der Waals surface area contributed by atoms with Gasteiger partial charge in [0.15, 0.2) is 6.20 Å². The minimum Gasteiger partial charge on any atom is -0.618 e. The summed E-state index contributed by atoms with van der Waals surface area (Å²) in [7, 11) is 0. The maximum absolute atomic E-state index is 13.3. The smallest absolute Gasteiger partial charge is 0.260 e. The second kappa shape index (κ2) is 11.1. The lowest BCUT2D eigenvalue weighted by atomic mass is 9.85. The molecule has 5 rings (SSSR count). The van der Waals surface area contributed by atoms with Gasteiger partial charge >= 0.3 is 0 Å². The highest BCUT2D eigenvalue weighted by atomic mass is 79.9. The number of nitrogens with zero attached hydrogens (tertiary/aromatic N) is 4. The molecule has 0 saturated carbocycles. The summed E-state index contributed by atoms with van der Waals surface area (Å²) in [6.45, 7) is 9.53. The van der Waals surface area contributed by atoms with Crippen LogP contribution in [0.3, 0.4) is 0 Å². The zero-order valence-electron chi connectivity index (χ0n) is 22.6. The molecule has 2 aromatic carbocycles. The van der Waals surface area contributed by atoms with Crippen molar-refractivity contribution in [3.05, 3.63) is 93.4 Å². The summed E-state index contributed by atoms with van der Waals surface area (Å²) < 4.78 is 1.89. The largest absolute Gasteiger partial charge is 0.618 e. The molecule has 0 bridgehead atoms. The van der Waals surface area contributed by atoms with E-state index >= 15 is 0 Å². The first kappa shape index (κ1) is 26.7. The van der Waals surface area contributed by atoms with Crippen LogP contribution in [0.4, 0.5) is 11.4 Å². The van der Waals surface area contributed by atoms with E-state index in [2.05, 4.69) is 87.3 Å². The van der Waals surface area contributed by atoms with Gasteiger partial charge in [0, 0.05) is 66.6 Å². The Bertz CT molecular complexity index is 1270. The van der Waals surface area contributed by atoms with Crippen molar-refractivity contribution in [2.75, 3.05) is 31.1 Å². The first-order valence-electron chi connectivity index (χ1n) is 13.6. The van der Waals surface area contributed by atoms with Crippen LogP contribution in [0.15, 0.2) is 71.3 Å². The molecule has 0 aliphatic carbocycles. The third-order valence-corrected chi connectivity index (χ3v) is 9.15. The van der Waals surface area contributed by atoms with E-state index in [-0.39, 0.29) is 11.4 Å². The SMILES string of the molecule is Cc1cc[n+]([O-])c(C)c1C(=O)N1CCC(C)(N2CCC(N(c3ccccc3)c3ccc(Br)cc3)CC2)CC1. The fourth-order valence-corrected chi connectivity index (χ4v) is 6.45. The molecular weight excluding hydrogens is 540 g/mol. The number of pyridine rings is 1. The normalized spacial score (nSPS) is 18.4. The minimum atomic E-state index is -0.0149. The van der Waals surface area contributed by atoms with Crippen LogP contribution in [0.25, 0.3) is 0 Å². The van der Waals surface area contributed by atoms with E-state index in [1.165, 1.54) is 17.6 Å². The van der Waals surface area contributed by atoms with Gasteiger partial charge < -0.3 is 15.0 Å². The molecule has 0 radical (unpaired) electrons. The van der Waals surface area contributed by atoms with Gasteiger partial charge in [0.1, 0.15) is 5.56 Å². The number of aromatic nitrogens is 1. The third kappa shape index (κ3) is 5.32. The Morgan fingerprint density at radius 2 is 1.55 bits per heavy atom. The summed E-state index contributed by atoms with van der Waals surface area (Å²) in [6, 6.07) is 21.5. The molecule has 200 valence electrons. The fourth-order valence-electron chi connectivity index (χ4n) is 6.18. The van der Waals surface area contributed by atoms with Crippen molar-refractivity contribution in [1.82, 2.24) is 9.80 Å². The van der Waals surface area contributed by atoms with Gasteiger partial charge in [-0.3, -0.25) is 9.69 Å². The van der Waals surface area contributed by atoms with Gasteiger partial charge in [-0.2, -0.15) is 4.73 Å². The standard InChI is InChI=1S/C31H37BrN4O2/c1-23-13-20-35(38)24(2)29(23)30(37)33-21-16-31(3,17-22-33)34-18-14-28(15-19-34)36(26-7-5-4-6-8-26)27-11-9-25(32)10-12-27/h4-13,20,28H,14-19,21-22H2,1-3H3. The number of rotatable bonds is 5. The molecule has 7 heteroatoms. The van der Waals surface area contributed by atoms with Crippen LogP contribution in [-0.2, 0) is 0 Å². The molecular formula is C31H37BrN4O2. The first-order chi connectivity index (χ1) is 18.3. The predicted octanol–water partition coefficient (Wildman–Crippen LogP) is 6.00. The Hall–Kier alpha value is -2.90. The van der Waals surface area contributed by atoms with E-state index < -0.39 is 0 Å². The van der Waals surface area contributed by atoms with Crippen molar-refractivity contribution in [2.45, 2.75) is 58.0 Å². The highest BCUT2D eigenvalue weighted by Gasteiger charge is 2.40. The van der Waals surface area contributed by atoms with E-state index in [1.54, 1.807) is 13.0 Å². The molecule has 6 nitrogen and oxygen atoms in total. The van der Waals surface area contributed by atoms with Crippen molar-refractivity contribution < 1.29 is 9.52 Å². The lowest BCUT2D eigenvalue weighted by Gasteiger charge is -2.50. The second-order valence-corrected chi connectivity index (χ2v) is 11.9. The maximum atomic E-state index is 13.3. The summed E-state index contributed by atoms with van der Waals surface area (Å²) in [5.41, 5.74) is 4.44. The number of para-hydroxylation sites is 1. The number of hydrogen-bond donors (Lipinski definition) is 0. The Balaban J connectivity index is 1.25. The predicted molar refractivity (Wildman–Crippen MR) is 156 cm³/mol. The number of piperidine rings is 2. The van der Waals surface area contributed by atoms with Crippen LogP contribution < -0.4 is 9.63 Å². The lowest BCUT2D eigenvalue weighted by molar-refractivity contribution is -0.612. The molecule has 0 spiro atoms. The molecule has 2 aliphatic rings. The third-order valence-electron chi connectivity index (χ3n) is 8.62. The number of carbonyl (C=O) groups excluding carboxylic acids is 1. The average Bonchev–Trinajstić information content (AvgIpc) is 2.93. The summed E-state index contributed by atoms with van der Waals surface area (Å²) >= 11 is 3.58. The first-order valence-corrected chi connectivity index (χ1v) is 14.4. The van der Waals surface area contributed by atoms with Crippen LogP contribution in [0.2, 0.25) is 0 Å². The van der Waals surface area contributed by atoms with Crippen molar-refractivity contribution in [3.8, 4) is 0 Å². The van der Waals surface area contributed by atoms with Gasteiger partial charge in [0.25, 0.3) is 5.91 Å². The van der Waals surface area contributed by atoms with E-state index in [9.17, 15) is 10.0 Å². The van der Waals surface area contributed by atoms with Gasteiger partial charge in [-0.15, -0.1) is 0 Å². The molecule has 2 fully saturated rings. The van der Waals surface area contributed by atoms with Crippen molar-refractivity contribution in [1.29, 1.82) is 0 Å². The molecule has 2 saturated heterocycles. The number of benzene rings is 2. The number of likely N-dealkylation sites (tertiary alicyclic amines) is 2. The number of aryl methyl sites for hydroxylation is 1. The molecule has 0 N–H and O–H groups in total. The number of amides is 1. The van der Waals surface area contributed by atoms with Crippen molar-refractivity contribution >= 4 is 33.2 Å². The molecule has 0 unspecified atom stereocenters. The average molecular weight is 578 g/mol. The van der Waals surface area contributed by atoms with Gasteiger partial charge in [0.2, 0.25) is 5.69 Å². The summed E-state index contributed by atoms with van der Waals surface area (Å²) in [4.78, 5) is 20.4. The van der Waals surface area contributed by atoms with Crippen molar-refractivity contribution in [2.24, 2.45) is 0 Å². The molecule has 3 aromatic rings. The van der Waals surface area contributed by atoms with Gasteiger partial charge in [-0.25, -0.2) is 0 Å². The maximum Gasteiger partial charge on any atom is 0.260 e. The Morgan fingerprint density at radius 1 is 0.947 bits per heavy atom. The van der Waals surface area contributed by atoms with E-state index in [0.29, 0.717) is 17.3 Å². The summed E-state index contributed by atoms with van der Waals surface area (Å²) in [5, 5.41) is 12.1. The summed E-state index contributed by atoms with van der Waals surface area (Å²) in [5.74, 6) is -0.0149. The van der Waals surface area contributed by atoms with Crippen LogP contribution in [0.5, 0.6) is 0 Å². The Kier molecular flexibility index (Phi) is 7.78. The number of carbonyl (C=O) groups is 1. The monoisotopic (exact) mass is 576 g/mol.